The molecule has 1 unspecified atom stereocenters. The Morgan fingerprint density at radius 1 is 1.18 bits per heavy atom. The minimum Gasteiger partial charge on any atom is -0.387 e. The maximum absolute atomic E-state index is 13.7. The van der Waals surface area contributed by atoms with Crippen LogP contribution in [0.1, 0.15) is 62.0 Å². The molecule has 1 aromatic carbocycles. The molecule has 0 radical (unpaired) electrons. The average molecular weight is 516 g/mol. The smallest absolute Gasteiger partial charge is 0.231 e. The second kappa shape index (κ2) is 10.1. The molecular weight excluding hydrogens is 482 g/mol. The second-order valence-corrected chi connectivity index (χ2v) is 10.5. The van der Waals surface area contributed by atoms with E-state index >= 15 is 0 Å². The minimum absolute atomic E-state index is 0.182. The standard InChI is InChI=1S/C25H34BrN5O2/c1-16(2)29(4)14-20(18-5-7-19(26)8-6-18)25(33)31-11-9-30(10-12-31)24-22-17(3)13-21(32)23(22)27-15-28-24/h5-8,15-17,20-21,32H,9-14H2,1-4H3/t17-,20?,21+/m1/s1. The topological polar surface area (TPSA) is 72.8 Å². The lowest BCUT2D eigenvalue weighted by atomic mass is 9.96. The number of aliphatic hydroxyl groups is 1. The Labute approximate surface area is 204 Å². The molecule has 1 aliphatic carbocycles. The highest BCUT2D eigenvalue weighted by Gasteiger charge is 2.35. The zero-order valence-electron chi connectivity index (χ0n) is 19.9. The molecule has 3 atom stereocenters. The number of anilines is 1. The monoisotopic (exact) mass is 515 g/mol. The maximum Gasteiger partial charge on any atom is 0.231 e. The molecule has 1 aliphatic heterocycles. The Morgan fingerprint density at radius 2 is 1.85 bits per heavy atom. The second-order valence-electron chi connectivity index (χ2n) is 9.60. The van der Waals surface area contributed by atoms with E-state index in [1.807, 2.05) is 29.2 Å². The molecule has 33 heavy (non-hydrogen) atoms. The highest BCUT2D eigenvalue weighted by Crippen LogP contribution is 2.42. The normalized spacial score (nSPS) is 21.6. The number of nitrogens with zero attached hydrogens (tertiary/aromatic N) is 5. The van der Waals surface area contributed by atoms with Gasteiger partial charge in [0.05, 0.1) is 17.7 Å². The van der Waals surface area contributed by atoms with Gasteiger partial charge in [0, 0.05) is 48.8 Å². The van der Waals surface area contributed by atoms with E-state index in [9.17, 15) is 9.90 Å². The van der Waals surface area contributed by atoms with Crippen LogP contribution in [0.3, 0.4) is 0 Å². The van der Waals surface area contributed by atoms with Gasteiger partial charge in [0.15, 0.2) is 0 Å². The molecule has 7 nitrogen and oxygen atoms in total. The molecule has 0 saturated carbocycles. The van der Waals surface area contributed by atoms with Crippen molar-refractivity contribution in [2.45, 2.75) is 51.2 Å². The number of likely N-dealkylation sites (N-methyl/N-ethyl adjacent to an activating group) is 1. The number of carbonyl (C=O) groups excluding carboxylic acids is 1. The molecule has 1 amide bonds. The van der Waals surface area contributed by atoms with Gasteiger partial charge >= 0.3 is 0 Å². The molecule has 0 bridgehead atoms. The summed E-state index contributed by atoms with van der Waals surface area (Å²) in [4.78, 5) is 29.1. The lowest BCUT2D eigenvalue weighted by molar-refractivity contribution is -0.133. The highest BCUT2D eigenvalue weighted by atomic mass is 79.9. The molecule has 2 aromatic rings. The van der Waals surface area contributed by atoms with E-state index in [0.29, 0.717) is 32.1 Å². The lowest BCUT2D eigenvalue weighted by Crippen LogP contribution is -2.51. The number of aliphatic hydroxyl groups excluding tert-OH is 1. The molecule has 4 rings (SSSR count). The average Bonchev–Trinajstić information content (AvgIpc) is 3.11. The summed E-state index contributed by atoms with van der Waals surface area (Å²) < 4.78 is 1.01. The van der Waals surface area contributed by atoms with Crippen molar-refractivity contribution in [1.29, 1.82) is 0 Å². The van der Waals surface area contributed by atoms with Gasteiger partial charge in [-0.05, 0) is 50.9 Å². The van der Waals surface area contributed by atoms with Gasteiger partial charge in [-0.3, -0.25) is 4.79 Å². The summed E-state index contributed by atoms with van der Waals surface area (Å²) in [5, 5.41) is 10.3. The van der Waals surface area contributed by atoms with Gasteiger partial charge in [-0.15, -0.1) is 0 Å². The number of fused-ring (bicyclic) bond motifs is 1. The fraction of sp³-hybridized carbons (Fsp3) is 0.560. The van der Waals surface area contributed by atoms with Gasteiger partial charge in [-0.1, -0.05) is 35.0 Å². The van der Waals surface area contributed by atoms with Gasteiger partial charge in [0.1, 0.15) is 12.1 Å². The summed E-state index contributed by atoms with van der Waals surface area (Å²) in [6.45, 7) is 9.89. The zero-order chi connectivity index (χ0) is 23.7. The van der Waals surface area contributed by atoms with E-state index in [2.05, 4.69) is 63.5 Å². The van der Waals surface area contributed by atoms with E-state index in [4.69, 9.17) is 0 Å². The van der Waals surface area contributed by atoms with Crippen LogP contribution in [0.5, 0.6) is 0 Å². The van der Waals surface area contributed by atoms with Crippen LogP contribution in [0.4, 0.5) is 5.82 Å². The van der Waals surface area contributed by atoms with Crippen LogP contribution in [0, 0.1) is 0 Å². The summed E-state index contributed by atoms with van der Waals surface area (Å²) in [6, 6.07) is 8.48. The number of halogens is 1. The Morgan fingerprint density at radius 3 is 2.48 bits per heavy atom. The van der Waals surface area contributed by atoms with Crippen molar-refractivity contribution in [3.05, 3.63) is 51.9 Å². The molecular formula is C25H34BrN5O2. The van der Waals surface area contributed by atoms with Gasteiger partial charge in [0.25, 0.3) is 0 Å². The minimum atomic E-state index is -0.510. The van der Waals surface area contributed by atoms with Gasteiger partial charge < -0.3 is 19.8 Å². The Hall–Kier alpha value is -2.03. The van der Waals surface area contributed by atoms with E-state index in [1.165, 1.54) is 0 Å². The van der Waals surface area contributed by atoms with E-state index in [0.717, 1.165) is 40.2 Å². The third kappa shape index (κ3) is 5.08. The molecule has 2 aliphatic rings. The SMILES string of the molecule is CC(C)N(C)CC(C(=O)N1CCN(c2ncnc3c2[C@H](C)C[C@@H]3O)CC1)c1ccc(Br)cc1. The number of piperazine rings is 1. The predicted octanol–water partition coefficient (Wildman–Crippen LogP) is 3.55. The first-order valence-corrected chi connectivity index (χ1v) is 12.6. The van der Waals surface area contributed by atoms with E-state index < -0.39 is 6.10 Å². The van der Waals surface area contributed by atoms with Crippen molar-refractivity contribution < 1.29 is 9.90 Å². The largest absolute Gasteiger partial charge is 0.387 e. The van der Waals surface area contributed by atoms with Gasteiger partial charge in [-0.2, -0.15) is 0 Å². The fourth-order valence-electron chi connectivity index (χ4n) is 4.83. The molecule has 8 heteroatoms. The fourth-order valence-corrected chi connectivity index (χ4v) is 5.10. The number of amides is 1. The van der Waals surface area contributed by atoms with Crippen LogP contribution in [0.25, 0.3) is 0 Å². The summed E-state index contributed by atoms with van der Waals surface area (Å²) in [6.07, 6.45) is 1.74. The van der Waals surface area contributed by atoms with Gasteiger partial charge in [0.2, 0.25) is 5.91 Å². The van der Waals surface area contributed by atoms with Crippen LogP contribution in [-0.2, 0) is 4.79 Å². The zero-order valence-corrected chi connectivity index (χ0v) is 21.5. The summed E-state index contributed by atoms with van der Waals surface area (Å²) in [5.41, 5.74) is 2.88. The highest BCUT2D eigenvalue weighted by molar-refractivity contribution is 9.10. The number of aromatic nitrogens is 2. The van der Waals surface area contributed by atoms with Crippen molar-refractivity contribution in [1.82, 2.24) is 19.8 Å². The summed E-state index contributed by atoms with van der Waals surface area (Å²) in [5.74, 6) is 1.14. The van der Waals surface area contributed by atoms with Crippen LogP contribution < -0.4 is 4.90 Å². The molecule has 1 saturated heterocycles. The summed E-state index contributed by atoms with van der Waals surface area (Å²) in [7, 11) is 2.08. The Kier molecular flexibility index (Phi) is 7.36. The number of benzene rings is 1. The predicted molar refractivity (Wildman–Crippen MR) is 133 cm³/mol. The van der Waals surface area contributed by atoms with Crippen molar-refractivity contribution in [3.63, 3.8) is 0 Å². The molecule has 2 heterocycles. The first-order chi connectivity index (χ1) is 15.8. The number of rotatable bonds is 6. The van der Waals surface area contributed by atoms with Crippen molar-refractivity contribution in [3.8, 4) is 0 Å². The molecule has 1 fully saturated rings. The molecule has 178 valence electrons. The van der Waals surface area contributed by atoms with Crippen LogP contribution >= 0.6 is 15.9 Å². The number of hydrogen-bond donors (Lipinski definition) is 1. The number of carbonyl (C=O) groups is 1. The van der Waals surface area contributed by atoms with Crippen LogP contribution in [0.15, 0.2) is 35.1 Å². The van der Waals surface area contributed by atoms with Crippen molar-refractivity contribution in [2.24, 2.45) is 0 Å². The Balaban J connectivity index is 1.49. The van der Waals surface area contributed by atoms with Gasteiger partial charge in [-0.25, -0.2) is 9.97 Å². The lowest BCUT2D eigenvalue weighted by Gasteiger charge is -2.38. The first kappa shape index (κ1) is 24.1. The van der Waals surface area contributed by atoms with E-state index in [-0.39, 0.29) is 17.7 Å². The number of hydrogen-bond acceptors (Lipinski definition) is 6. The third-order valence-electron chi connectivity index (χ3n) is 7.09. The van der Waals surface area contributed by atoms with Crippen LogP contribution in [-0.4, -0.2) is 76.6 Å². The van der Waals surface area contributed by atoms with Crippen LogP contribution in [0.2, 0.25) is 0 Å². The molecule has 1 N–H and O–H groups in total. The molecule has 0 spiro atoms. The Bertz CT molecular complexity index is 975. The molecule has 1 aromatic heterocycles. The quantitative estimate of drug-likeness (QED) is 0.634. The van der Waals surface area contributed by atoms with Crippen molar-refractivity contribution in [2.75, 3.05) is 44.7 Å². The van der Waals surface area contributed by atoms with Crippen molar-refractivity contribution >= 4 is 27.7 Å². The maximum atomic E-state index is 13.7. The first-order valence-electron chi connectivity index (χ1n) is 11.8. The third-order valence-corrected chi connectivity index (χ3v) is 7.62. The van der Waals surface area contributed by atoms with E-state index in [1.54, 1.807) is 6.33 Å². The summed E-state index contributed by atoms with van der Waals surface area (Å²) >= 11 is 3.50.